The van der Waals surface area contributed by atoms with Crippen LogP contribution in [0.4, 0.5) is 0 Å². The molecule has 3 aromatic rings. The molecule has 0 N–H and O–H groups in total. The van der Waals surface area contributed by atoms with Gasteiger partial charge in [0.15, 0.2) is 5.82 Å². The smallest absolute Gasteiger partial charge is 0.267 e. The molecule has 0 radical (unpaired) electrons. The number of aromatic nitrogens is 2. The van der Waals surface area contributed by atoms with Crippen molar-refractivity contribution in [2.45, 2.75) is 18.9 Å². The van der Waals surface area contributed by atoms with E-state index in [1.165, 1.54) is 0 Å². The van der Waals surface area contributed by atoms with Crippen LogP contribution in [0.2, 0.25) is 5.02 Å². The van der Waals surface area contributed by atoms with Crippen LogP contribution in [0, 0.1) is 0 Å². The van der Waals surface area contributed by atoms with Crippen LogP contribution in [-0.2, 0) is 11.3 Å². The number of nitrogens with zero attached hydrogens (tertiary/aromatic N) is 3. The quantitative estimate of drug-likeness (QED) is 0.707. The Morgan fingerprint density at radius 2 is 2.12 bits per heavy atom. The van der Waals surface area contributed by atoms with Crippen LogP contribution in [-0.4, -0.2) is 27.5 Å². The number of amides is 1. The molecule has 0 bridgehead atoms. The Labute approximate surface area is 147 Å². The lowest BCUT2D eigenvalue weighted by atomic mass is 10.1. The molecule has 24 heavy (non-hydrogen) atoms. The van der Waals surface area contributed by atoms with Crippen LogP contribution < -0.4 is 0 Å². The molecule has 7 heteroatoms. The second kappa shape index (κ2) is 6.37. The molecule has 5 nitrogen and oxygen atoms in total. The maximum absolute atomic E-state index is 12.3. The van der Waals surface area contributed by atoms with Gasteiger partial charge in [-0.25, -0.2) is 0 Å². The van der Waals surface area contributed by atoms with Crippen LogP contribution in [0.3, 0.4) is 0 Å². The Hall–Kier alpha value is -2.18. The van der Waals surface area contributed by atoms with Gasteiger partial charge in [0.05, 0.1) is 4.88 Å². The molecule has 4 rings (SSSR count). The molecule has 1 fully saturated rings. The number of hydrogen-bond donors (Lipinski definition) is 0. The predicted octanol–water partition coefficient (Wildman–Crippen LogP) is 3.97. The number of carbonyl (C=O) groups excluding carboxylic acids is 1. The van der Waals surface area contributed by atoms with Gasteiger partial charge < -0.3 is 9.42 Å². The summed E-state index contributed by atoms with van der Waals surface area (Å²) in [6, 6.07) is 11.4. The van der Waals surface area contributed by atoms with E-state index in [1.54, 1.807) is 11.3 Å². The molecule has 1 saturated heterocycles. The van der Waals surface area contributed by atoms with E-state index in [0.29, 0.717) is 36.2 Å². The van der Waals surface area contributed by atoms with Gasteiger partial charge in [0.1, 0.15) is 0 Å². The van der Waals surface area contributed by atoms with Gasteiger partial charge in [-0.2, -0.15) is 4.98 Å². The van der Waals surface area contributed by atoms with Gasteiger partial charge in [0.2, 0.25) is 5.91 Å². The van der Waals surface area contributed by atoms with Crippen molar-refractivity contribution in [1.29, 1.82) is 0 Å². The van der Waals surface area contributed by atoms with Gasteiger partial charge in [-0.05, 0) is 29.1 Å². The summed E-state index contributed by atoms with van der Waals surface area (Å²) in [7, 11) is 0. The normalized spacial score (nSPS) is 17.6. The topological polar surface area (TPSA) is 59.2 Å². The van der Waals surface area contributed by atoms with Crippen molar-refractivity contribution in [3.8, 4) is 10.8 Å². The second-order valence-electron chi connectivity index (χ2n) is 5.74. The van der Waals surface area contributed by atoms with Crippen molar-refractivity contribution in [2.75, 3.05) is 6.54 Å². The van der Waals surface area contributed by atoms with E-state index in [0.717, 1.165) is 10.4 Å². The average Bonchev–Trinajstić information content (AvgIpc) is 3.30. The van der Waals surface area contributed by atoms with Crippen molar-refractivity contribution < 1.29 is 9.32 Å². The van der Waals surface area contributed by atoms with Crippen molar-refractivity contribution in [3.63, 3.8) is 0 Å². The highest BCUT2D eigenvalue weighted by Gasteiger charge is 2.33. The molecular weight excluding hydrogens is 346 g/mol. The third kappa shape index (κ3) is 3.07. The first-order valence-electron chi connectivity index (χ1n) is 7.59. The Balaban J connectivity index is 1.47. The second-order valence-corrected chi connectivity index (χ2v) is 7.12. The van der Waals surface area contributed by atoms with Crippen LogP contribution in [0.5, 0.6) is 0 Å². The molecule has 122 valence electrons. The lowest BCUT2D eigenvalue weighted by Gasteiger charge is -2.16. The third-order valence-corrected chi connectivity index (χ3v) is 5.15. The van der Waals surface area contributed by atoms with Crippen molar-refractivity contribution >= 4 is 28.8 Å². The minimum Gasteiger partial charge on any atom is -0.338 e. The standard InChI is InChI=1S/C17H14ClN3O2S/c18-13-5-3-11(4-6-13)9-21-10-12(8-15(21)22)16-19-17(23-20-16)14-2-1-7-24-14/h1-7,12H,8-10H2. The van der Waals surface area contributed by atoms with Gasteiger partial charge >= 0.3 is 0 Å². The summed E-state index contributed by atoms with van der Waals surface area (Å²) in [4.78, 5) is 19.5. The number of carbonyl (C=O) groups is 1. The minimum absolute atomic E-state index is 0.0257. The summed E-state index contributed by atoms with van der Waals surface area (Å²) >= 11 is 7.45. The Bertz CT molecular complexity index is 845. The van der Waals surface area contributed by atoms with Gasteiger partial charge in [-0.1, -0.05) is 35.0 Å². The maximum atomic E-state index is 12.3. The minimum atomic E-state index is -0.0257. The lowest BCUT2D eigenvalue weighted by molar-refractivity contribution is -0.128. The molecule has 0 aliphatic carbocycles. The van der Waals surface area contributed by atoms with Crippen LogP contribution in [0.25, 0.3) is 10.8 Å². The molecule has 1 aliphatic rings. The molecule has 3 heterocycles. The maximum Gasteiger partial charge on any atom is 0.267 e. The number of likely N-dealkylation sites (tertiary alicyclic amines) is 1. The molecule has 1 unspecified atom stereocenters. The zero-order chi connectivity index (χ0) is 16.5. The first kappa shape index (κ1) is 15.4. The van der Waals surface area contributed by atoms with Crippen molar-refractivity contribution in [2.24, 2.45) is 0 Å². The van der Waals surface area contributed by atoms with E-state index in [2.05, 4.69) is 10.1 Å². The van der Waals surface area contributed by atoms with E-state index in [9.17, 15) is 4.79 Å². The molecule has 0 spiro atoms. The van der Waals surface area contributed by atoms with Gasteiger partial charge in [-0.3, -0.25) is 4.79 Å². The third-order valence-electron chi connectivity index (χ3n) is 4.04. The van der Waals surface area contributed by atoms with E-state index >= 15 is 0 Å². The fraction of sp³-hybridized carbons (Fsp3) is 0.235. The molecular formula is C17H14ClN3O2S. The van der Waals surface area contributed by atoms with Gasteiger partial charge in [-0.15, -0.1) is 11.3 Å². The predicted molar refractivity (Wildman–Crippen MR) is 91.8 cm³/mol. The molecule has 0 saturated carbocycles. The average molecular weight is 360 g/mol. The zero-order valence-corrected chi connectivity index (χ0v) is 14.3. The van der Waals surface area contributed by atoms with Crippen molar-refractivity contribution in [1.82, 2.24) is 15.0 Å². The highest BCUT2D eigenvalue weighted by Crippen LogP contribution is 2.30. The van der Waals surface area contributed by atoms with Crippen LogP contribution in [0.15, 0.2) is 46.3 Å². The Morgan fingerprint density at radius 3 is 2.88 bits per heavy atom. The fourth-order valence-corrected chi connectivity index (χ4v) is 3.58. The first-order chi connectivity index (χ1) is 11.7. The summed E-state index contributed by atoms with van der Waals surface area (Å²) in [5.41, 5.74) is 1.06. The van der Waals surface area contributed by atoms with Gasteiger partial charge in [0, 0.05) is 30.5 Å². The molecule has 1 atom stereocenters. The molecule has 1 aliphatic heterocycles. The van der Waals surface area contributed by atoms with E-state index in [-0.39, 0.29) is 11.8 Å². The van der Waals surface area contributed by atoms with Gasteiger partial charge in [0.25, 0.3) is 5.89 Å². The number of hydrogen-bond acceptors (Lipinski definition) is 5. The van der Waals surface area contributed by atoms with Crippen LogP contribution in [0.1, 0.15) is 23.7 Å². The summed E-state index contributed by atoms with van der Waals surface area (Å²) in [5, 5.41) is 6.72. The zero-order valence-electron chi connectivity index (χ0n) is 12.7. The number of benzene rings is 1. The van der Waals surface area contributed by atoms with E-state index in [1.807, 2.05) is 46.7 Å². The molecule has 1 aromatic carbocycles. The summed E-state index contributed by atoms with van der Waals surface area (Å²) in [6.45, 7) is 1.17. The highest BCUT2D eigenvalue weighted by molar-refractivity contribution is 7.13. The molecule has 2 aromatic heterocycles. The Morgan fingerprint density at radius 1 is 1.29 bits per heavy atom. The Kier molecular flexibility index (Phi) is 4.08. The summed E-state index contributed by atoms with van der Waals surface area (Å²) in [6.07, 6.45) is 0.414. The number of rotatable bonds is 4. The van der Waals surface area contributed by atoms with Crippen LogP contribution >= 0.6 is 22.9 Å². The fourth-order valence-electron chi connectivity index (χ4n) is 2.81. The van der Waals surface area contributed by atoms with Crippen molar-refractivity contribution in [3.05, 3.63) is 58.2 Å². The lowest BCUT2D eigenvalue weighted by Crippen LogP contribution is -2.24. The van der Waals surface area contributed by atoms with E-state index < -0.39 is 0 Å². The monoisotopic (exact) mass is 359 g/mol. The first-order valence-corrected chi connectivity index (χ1v) is 8.84. The largest absolute Gasteiger partial charge is 0.338 e. The number of halogens is 1. The number of thiophene rings is 1. The summed E-state index contributed by atoms with van der Waals surface area (Å²) in [5.74, 6) is 1.20. The summed E-state index contributed by atoms with van der Waals surface area (Å²) < 4.78 is 5.33. The highest BCUT2D eigenvalue weighted by atomic mass is 35.5. The SMILES string of the molecule is O=C1CC(c2noc(-c3cccs3)n2)CN1Cc1ccc(Cl)cc1. The van der Waals surface area contributed by atoms with E-state index in [4.69, 9.17) is 16.1 Å². The molecule has 1 amide bonds.